The molecule has 4 heteroatoms. The molecule has 0 spiro atoms. The van der Waals surface area contributed by atoms with Crippen molar-refractivity contribution in [2.75, 3.05) is 6.54 Å². The second kappa shape index (κ2) is 8.13. The number of carbonyl (C=O) groups is 1. The zero-order chi connectivity index (χ0) is 16.0. The third-order valence-corrected chi connectivity index (χ3v) is 3.68. The molecule has 0 aliphatic carbocycles. The van der Waals surface area contributed by atoms with Crippen LogP contribution in [0.4, 0.5) is 0 Å². The van der Waals surface area contributed by atoms with Crippen molar-refractivity contribution < 1.29 is 4.79 Å². The van der Waals surface area contributed by atoms with Gasteiger partial charge in [-0.05, 0) is 31.7 Å². The molecule has 21 heavy (non-hydrogen) atoms. The molecule has 0 aromatic heterocycles. The maximum Gasteiger partial charge on any atom is 0.233 e. The van der Waals surface area contributed by atoms with Crippen molar-refractivity contribution in [2.24, 2.45) is 17.6 Å². The van der Waals surface area contributed by atoms with E-state index < -0.39 is 5.92 Å². The van der Waals surface area contributed by atoms with Crippen LogP contribution in [0.1, 0.15) is 33.3 Å². The fourth-order valence-corrected chi connectivity index (χ4v) is 2.49. The molecular weight excluding hydrogens is 280 g/mol. The van der Waals surface area contributed by atoms with Crippen LogP contribution in [-0.2, 0) is 11.2 Å². The SMILES string of the molecule is CC(C)CN(C(=O)C(Cc1ccccc1)C(N)=S)C(C)C. The van der Waals surface area contributed by atoms with Gasteiger partial charge in [0.25, 0.3) is 0 Å². The van der Waals surface area contributed by atoms with Crippen LogP contribution in [0.25, 0.3) is 0 Å². The summed E-state index contributed by atoms with van der Waals surface area (Å²) >= 11 is 5.14. The van der Waals surface area contributed by atoms with Crippen molar-refractivity contribution in [3.8, 4) is 0 Å². The first kappa shape index (κ1) is 17.6. The van der Waals surface area contributed by atoms with Crippen LogP contribution in [0.5, 0.6) is 0 Å². The van der Waals surface area contributed by atoms with Crippen LogP contribution in [-0.4, -0.2) is 28.4 Å². The second-order valence-corrected chi connectivity index (χ2v) is 6.59. The molecule has 0 heterocycles. The molecule has 1 amide bonds. The molecule has 0 radical (unpaired) electrons. The molecule has 0 bridgehead atoms. The van der Waals surface area contributed by atoms with E-state index in [4.69, 9.17) is 18.0 Å². The van der Waals surface area contributed by atoms with Crippen molar-refractivity contribution in [1.29, 1.82) is 0 Å². The van der Waals surface area contributed by atoms with Gasteiger partial charge in [0.1, 0.15) is 0 Å². The topological polar surface area (TPSA) is 46.3 Å². The van der Waals surface area contributed by atoms with Gasteiger partial charge >= 0.3 is 0 Å². The molecule has 3 nitrogen and oxygen atoms in total. The van der Waals surface area contributed by atoms with E-state index >= 15 is 0 Å². The molecule has 1 aromatic carbocycles. The summed E-state index contributed by atoms with van der Waals surface area (Å²) in [6.07, 6.45) is 0.566. The number of benzene rings is 1. The minimum absolute atomic E-state index is 0.0371. The standard InChI is InChI=1S/C17H26N2OS/c1-12(2)11-19(13(3)4)17(20)15(16(18)21)10-14-8-6-5-7-9-14/h5-9,12-13,15H,10-11H2,1-4H3,(H2,18,21). The molecule has 0 aliphatic rings. The Morgan fingerprint density at radius 2 is 1.76 bits per heavy atom. The van der Waals surface area contributed by atoms with Gasteiger partial charge in [-0.3, -0.25) is 4.79 Å². The number of carbonyl (C=O) groups excluding carboxylic acids is 1. The summed E-state index contributed by atoms with van der Waals surface area (Å²) in [4.78, 5) is 15.0. The first-order valence-electron chi connectivity index (χ1n) is 7.46. The maximum atomic E-state index is 12.8. The molecule has 2 N–H and O–H groups in total. The summed E-state index contributed by atoms with van der Waals surface area (Å²) in [6.45, 7) is 8.99. The number of thiocarbonyl (C=S) groups is 1. The van der Waals surface area contributed by atoms with Gasteiger partial charge in [0.05, 0.1) is 10.9 Å². The Morgan fingerprint density at radius 1 is 1.19 bits per heavy atom. The lowest BCUT2D eigenvalue weighted by Crippen LogP contribution is -2.46. The number of rotatable bonds is 7. The average molecular weight is 306 g/mol. The Balaban J connectivity index is 2.92. The first-order chi connectivity index (χ1) is 9.82. The average Bonchev–Trinajstić information content (AvgIpc) is 2.42. The van der Waals surface area contributed by atoms with Gasteiger partial charge in [-0.2, -0.15) is 0 Å². The van der Waals surface area contributed by atoms with E-state index in [1.807, 2.05) is 49.1 Å². The number of hydrogen-bond donors (Lipinski definition) is 1. The van der Waals surface area contributed by atoms with E-state index in [0.29, 0.717) is 12.3 Å². The minimum atomic E-state index is -0.427. The van der Waals surface area contributed by atoms with Crippen LogP contribution in [0.2, 0.25) is 0 Å². The molecule has 0 saturated carbocycles. The zero-order valence-electron chi connectivity index (χ0n) is 13.4. The highest BCUT2D eigenvalue weighted by Crippen LogP contribution is 2.16. The number of hydrogen-bond acceptors (Lipinski definition) is 2. The fraction of sp³-hybridized carbons (Fsp3) is 0.529. The van der Waals surface area contributed by atoms with Crippen LogP contribution in [0, 0.1) is 11.8 Å². The summed E-state index contributed by atoms with van der Waals surface area (Å²) in [5.41, 5.74) is 6.92. The van der Waals surface area contributed by atoms with Crippen LogP contribution < -0.4 is 5.73 Å². The Labute approximate surface area is 133 Å². The first-order valence-corrected chi connectivity index (χ1v) is 7.87. The van der Waals surface area contributed by atoms with E-state index in [0.717, 1.165) is 12.1 Å². The lowest BCUT2D eigenvalue weighted by Gasteiger charge is -2.32. The molecule has 1 unspecified atom stereocenters. The van der Waals surface area contributed by atoms with Gasteiger partial charge in [0.15, 0.2) is 0 Å². The highest BCUT2D eigenvalue weighted by molar-refractivity contribution is 7.80. The van der Waals surface area contributed by atoms with E-state index in [2.05, 4.69) is 13.8 Å². The maximum absolute atomic E-state index is 12.8. The molecular formula is C17H26N2OS. The highest BCUT2D eigenvalue weighted by Gasteiger charge is 2.28. The summed E-state index contributed by atoms with van der Waals surface area (Å²) in [5.74, 6) is 0.0266. The number of nitrogens with zero attached hydrogens (tertiary/aromatic N) is 1. The van der Waals surface area contributed by atoms with Gasteiger partial charge in [0, 0.05) is 12.6 Å². The third-order valence-electron chi connectivity index (χ3n) is 3.39. The lowest BCUT2D eigenvalue weighted by atomic mass is 9.96. The largest absolute Gasteiger partial charge is 0.393 e. The van der Waals surface area contributed by atoms with Crippen LogP contribution >= 0.6 is 12.2 Å². The van der Waals surface area contributed by atoms with E-state index in [1.165, 1.54) is 0 Å². The van der Waals surface area contributed by atoms with Crippen LogP contribution in [0.3, 0.4) is 0 Å². The smallest absolute Gasteiger partial charge is 0.233 e. The number of amides is 1. The van der Waals surface area contributed by atoms with Crippen molar-refractivity contribution in [3.63, 3.8) is 0 Å². The Morgan fingerprint density at radius 3 is 2.19 bits per heavy atom. The second-order valence-electron chi connectivity index (χ2n) is 6.12. The normalized spacial score (nSPS) is 12.5. The number of nitrogens with two attached hydrogens (primary N) is 1. The Hall–Kier alpha value is -1.42. The molecule has 0 fully saturated rings. The molecule has 116 valence electrons. The van der Waals surface area contributed by atoms with Gasteiger partial charge in [-0.15, -0.1) is 0 Å². The van der Waals surface area contributed by atoms with Crippen molar-refractivity contribution in [1.82, 2.24) is 4.90 Å². The molecule has 1 aromatic rings. The van der Waals surface area contributed by atoms with Gasteiger partial charge in [-0.1, -0.05) is 56.4 Å². The summed E-state index contributed by atoms with van der Waals surface area (Å²) in [5, 5.41) is 0. The van der Waals surface area contributed by atoms with Crippen LogP contribution in [0.15, 0.2) is 30.3 Å². The Bertz CT molecular complexity index is 471. The highest BCUT2D eigenvalue weighted by atomic mass is 32.1. The molecule has 0 aliphatic heterocycles. The van der Waals surface area contributed by atoms with Gasteiger partial charge in [-0.25, -0.2) is 0 Å². The predicted octanol–water partition coefficient (Wildman–Crippen LogP) is 3.02. The van der Waals surface area contributed by atoms with E-state index in [1.54, 1.807) is 0 Å². The van der Waals surface area contributed by atoms with E-state index in [-0.39, 0.29) is 16.9 Å². The van der Waals surface area contributed by atoms with Gasteiger partial charge in [0.2, 0.25) is 5.91 Å². The zero-order valence-corrected chi connectivity index (χ0v) is 14.2. The fourth-order valence-electron chi connectivity index (χ4n) is 2.31. The summed E-state index contributed by atoms with van der Waals surface area (Å²) in [7, 11) is 0. The lowest BCUT2D eigenvalue weighted by molar-refractivity contribution is -0.135. The van der Waals surface area contributed by atoms with Crippen molar-refractivity contribution in [2.45, 2.75) is 40.2 Å². The molecule has 0 saturated heterocycles. The summed E-state index contributed by atoms with van der Waals surface area (Å²) in [6, 6.07) is 10.0. The quantitative estimate of drug-likeness (QED) is 0.788. The minimum Gasteiger partial charge on any atom is -0.393 e. The molecule has 1 atom stereocenters. The monoisotopic (exact) mass is 306 g/mol. The summed E-state index contributed by atoms with van der Waals surface area (Å²) < 4.78 is 0. The predicted molar refractivity (Wildman–Crippen MR) is 92.1 cm³/mol. The Kier molecular flexibility index (Phi) is 6.82. The van der Waals surface area contributed by atoms with E-state index in [9.17, 15) is 4.79 Å². The molecule has 1 rings (SSSR count). The third kappa shape index (κ3) is 5.46. The van der Waals surface area contributed by atoms with Crippen molar-refractivity contribution >= 4 is 23.1 Å². The van der Waals surface area contributed by atoms with Crippen molar-refractivity contribution in [3.05, 3.63) is 35.9 Å². The van der Waals surface area contributed by atoms with Gasteiger partial charge < -0.3 is 10.6 Å².